The average molecular weight is 287 g/mol. The van der Waals surface area contributed by atoms with Crippen LogP contribution in [-0.4, -0.2) is 24.2 Å². The van der Waals surface area contributed by atoms with Crippen LogP contribution in [0.15, 0.2) is 23.3 Å². The number of nitrogens with zero attached hydrogens (tertiary/aromatic N) is 2. The van der Waals surface area contributed by atoms with Gasteiger partial charge in [-0.3, -0.25) is 4.79 Å². The largest absolute Gasteiger partial charge is 0.366 e. The quantitative estimate of drug-likeness (QED) is 0.685. The van der Waals surface area contributed by atoms with Gasteiger partial charge >= 0.3 is 0 Å². The molecule has 114 valence electrons. The predicted octanol–water partition coefficient (Wildman–Crippen LogP) is 3.27. The molecule has 1 aliphatic rings. The SMILES string of the molecule is CCN1c2ccc(/C=N\NC(C)=O)cc2C(C)CC1(C)C. The first kappa shape index (κ1) is 15.5. The fourth-order valence-electron chi connectivity index (χ4n) is 3.39. The Morgan fingerprint density at radius 1 is 1.52 bits per heavy atom. The van der Waals surface area contributed by atoms with E-state index in [4.69, 9.17) is 0 Å². The maximum Gasteiger partial charge on any atom is 0.236 e. The number of hydrogen-bond donors (Lipinski definition) is 1. The van der Waals surface area contributed by atoms with Gasteiger partial charge in [0.05, 0.1) is 6.21 Å². The van der Waals surface area contributed by atoms with Gasteiger partial charge in [0.2, 0.25) is 5.91 Å². The number of rotatable bonds is 3. The van der Waals surface area contributed by atoms with E-state index in [1.807, 2.05) is 0 Å². The molecule has 4 heteroatoms. The minimum atomic E-state index is -0.156. The Morgan fingerprint density at radius 2 is 2.24 bits per heavy atom. The standard InChI is InChI=1S/C17H25N3O/c1-6-20-16-8-7-14(11-18-19-13(3)21)9-15(16)12(2)10-17(20,4)5/h7-9,11-12H,6,10H2,1-5H3,(H,19,21)/b18-11-. The lowest BCUT2D eigenvalue weighted by molar-refractivity contribution is -0.118. The molecule has 0 saturated heterocycles. The summed E-state index contributed by atoms with van der Waals surface area (Å²) in [5.74, 6) is 0.364. The van der Waals surface area contributed by atoms with Crippen LogP contribution in [0.25, 0.3) is 0 Å². The summed E-state index contributed by atoms with van der Waals surface area (Å²) in [5, 5.41) is 3.94. The highest BCUT2D eigenvalue weighted by Gasteiger charge is 2.35. The lowest BCUT2D eigenvalue weighted by Crippen LogP contribution is -2.48. The number of nitrogens with one attached hydrogen (secondary N) is 1. The number of hydrazone groups is 1. The zero-order valence-electron chi connectivity index (χ0n) is 13.6. The third-order valence-corrected chi connectivity index (χ3v) is 4.16. The molecule has 0 radical (unpaired) electrons. The molecule has 2 rings (SSSR count). The third-order valence-electron chi connectivity index (χ3n) is 4.16. The van der Waals surface area contributed by atoms with Crippen LogP contribution in [0.1, 0.15) is 58.1 Å². The molecule has 1 atom stereocenters. The van der Waals surface area contributed by atoms with E-state index in [2.05, 4.69) is 61.3 Å². The predicted molar refractivity (Wildman–Crippen MR) is 88.0 cm³/mol. The molecule has 1 amide bonds. The minimum absolute atomic E-state index is 0.156. The molecular weight excluding hydrogens is 262 g/mol. The Morgan fingerprint density at radius 3 is 2.86 bits per heavy atom. The molecular formula is C17H25N3O. The molecule has 1 unspecified atom stereocenters. The van der Waals surface area contributed by atoms with Gasteiger partial charge in [-0.25, -0.2) is 5.43 Å². The van der Waals surface area contributed by atoms with Gasteiger partial charge in [-0.2, -0.15) is 5.10 Å². The number of carbonyl (C=O) groups excluding carboxylic acids is 1. The molecule has 0 aromatic heterocycles. The molecule has 0 bridgehead atoms. The second-order valence-electron chi connectivity index (χ2n) is 6.41. The van der Waals surface area contributed by atoms with E-state index in [1.165, 1.54) is 18.2 Å². The first-order chi connectivity index (χ1) is 9.85. The fraction of sp³-hybridized carbons (Fsp3) is 0.529. The van der Waals surface area contributed by atoms with Crippen LogP contribution in [0.3, 0.4) is 0 Å². The Bertz CT molecular complexity index is 563. The topological polar surface area (TPSA) is 44.7 Å². The van der Waals surface area contributed by atoms with Crippen LogP contribution in [0, 0.1) is 0 Å². The Labute approximate surface area is 127 Å². The van der Waals surface area contributed by atoms with E-state index in [9.17, 15) is 4.79 Å². The van der Waals surface area contributed by atoms with Crippen molar-refractivity contribution in [2.45, 2.75) is 52.5 Å². The second-order valence-corrected chi connectivity index (χ2v) is 6.41. The monoisotopic (exact) mass is 287 g/mol. The molecule has 4 nitrogen and oxygen atoms in total. The summed E-state index contributed by atoms with van der Waals surface area (Å²) < 4.78 is 0. The molecule has 1 aromatic rings. The number of benzene rings is 1. The molecule has 0 saturated carbocycles. The Kier molecular flexibility index (Phi) is 4.35. The van der Waals surface area contributed by atoms with Crippen molar-refractivity contribution < 1.29 is 4.79 Å². The van der Waals surface area contributed by atoms with Gasteiger partial charge in [0, 0.05) is 24.7 Å². The van der Waals surface area contributed by atoms with Crippen LogP contribution in [0.4, 0.5) is 5.69 Å². The molecule has 1 aromatic carbocycles. The van der Waals surface area contributed by atoms with Gasteiger partial charge in [0.15, 0.2) is 0 Å². The van der Waals surface area contributed by atoms with E-state index in [1.54, 1.807) is 6.21 Å². The second kappa shape index (κ2) is 5.88. The summed E-state index contributed by atoms with van der Waals surface area (Å²) in [6.45, 7) is 11.6. The van der Waals surface area contributed by atoms with Crippen LogP contribution >= 0.6 is 0 Å². The van der Waals surface area contributed by atoms with Gasteiger partial charge in [-0.05, 0) is 56.4 Å². The van der Waals surface area contributed by atoms with Gasteiger partial charge in [0.1, 0.15) is 0 Å². The summed E-state index contributed by atoms with van der Waals surface area (Å²) in [6.07, 6.45) is 2.84. The lowest BCUT2D eigenvalue weighted by atomic mass is 9.79. The number of carbonyl (C=O) groups is 1. The zero-order valence-corrected chi connectivity index (χ0v) is 13.6. The summed E-state index contributed by atoms with van der Waals surface area (Å²) in [5.41, 5.74) is 6.33. The number of hydrogen-bond acceptors (Lipinski definition) is 3. The van der Waals surface area contributed by atoms with Crippen molar-refractivity contribution >= 4 is 17.8 Å². The highest BCUT2D eigenvalue weighted by atomic mass is 16.2. The molecule has 0 spiro atoms. The molecule has 21 heavy (non-hydrogen) atoms. The summed E-state index contributed by atoms with van der Waals surface area (Å²) in [4.78, 5) is 13.3. The van der Waals surface area contributed by atoms with Gasteiger partial charge in [-0.15, -0.1) is 0 Å². The lowest BCUT2D eigenvalue weighted by Gasteiger charge is -2.47. The average Bonchev–Trinajstić information content (AvgIpc) is 2.38. The zero-order chi connectivity index (χ0) is 15.6. The number of anilines is 1. The van der Waals surface area contributed by atoms with E-state index in [0.29, 0.717) is 5.92 Å². The Hall–Kier alpha value is -1.84. The molecule has 0 fully saturated rings. The van der Waals surface area contributed by atoms with Gasteiger partial charge in [-0.1, -0.05) is 13.0 Å². The minimum Gasteiger partial charge on any atom is -0.366 e. The normalized spacial score (nSPS) is 20.4. The van der Waals surface area contributed by atoms with Crippen LogP contribution < -0.4 is 10.3 Å². The summed E-state index contributed by atoms with van der Waals surface area (Å²) >= 11 is 0. The third kappa shape index (κ3) is 3.26. The van der Waals surface area contributed by atoms with Crippen molar-refractivity contribution in [3.8, 4) is 0 Å². The van der Waals surface area contributed by atoms with Crippen molar-refractivity contribution in [3.05, 3.63) is 29.3 Å². The van der Waals surface area contributed by atoms with E-state index in [-0.39, 0.29) is 11.4 Å². The molecule has 1 aliphatic heterocycles. The highest BCUT2D eigenvalue weighted by molar-refractivity contribution is 5.83. The maximum atomic E-state index is 10.8. The smallest absolute Gasteiger partial charge is 0.236 e. The maximum absolute atomic E-state index is 10.8. The molecule has 0 aliphatic carbocycles. The number of amides is 1. The fourth-order valence-corrected chi connectivity index (χ4v) is 3.39. The van der Waals surface area contributed by atoms with Crippen molar-refractivity contribution in [1.29, 1.82) is 0 Å². The van der Waals surface area contributed by atoms with Crippen molar-refractivity contribution in [2.24, 2.45) is 5.10 Å². The van der Waals surface area contributed by atoms with Crippen molar-refractivity contribution in [2.75, 3.05) is 11.4 Å². The number of fused-ring (bicyclic) bond motifs is 1. The first-order valence-corrected chi connectivity index (χ1v) is 7.56. The van der Waals surface area contributed by atoms with Crippen molar-refractivity contribution in [3.63, 3.8) is 0 Å². The summed E-state index contributed by atoms with van der Waals surface area (Å²) in [7, 11) is 0. The van der Waals surface area contributed by atoms with E-state index < -0.39 is 0 Å². The van der Waals surface area contributed by atoms with Crippen LogP contribution in [0.2, 0.25) is 0 Å². The van der Waals surface area contributed by atoms with Crippen LogP contribution in [0.5, 0.6) is 0 Å². The highest BCUT2D eigenvalue weighted by Crippen LogP contribution is 2.43. The Balaban J connectivity index is 2.33. The van der Waals surface area contributed by atoms with Gasteiger partial charge in [0.25, 0.3) is 0 Å². The first-order valence-electron chi connectivity index (χ1n) is 7.56. The molecule has 1 N–H and O–H groups in total. The van der Waals surface area contributed by atoms with E-state index >= 15 is 0 Å². The van der Waals surface area contributed by atoms with Crippen molar-refractivity contribution in [1.82, 2.24) is 5.43 Å². The van der Waals surface area contributed by atoms with Gasteiger partial charge < -0.3 is 4.90 Å². The van der Waals surface area contributed by atoms with Crippen LogP contribution in [-0.2, 0) is 4.79 Å². The summed E-state index contributed by atoms with van der Waals surface area (Å²) in [6, 6.07) is 6.41. The van der Waals surface area contributed by atoms with E-state index in [0.717, 1.165) is 18.5 Å². The molecule has 1 heterocycles.